The predicted octanol–water partition coefficient (Wildman–Crippen LogP) is 2.66. The van der Waals surface area contributed by atoms with Crippen molar-refractivity contribution in [1.29, 1.82) is 0 Å². The third-order valence-corrected chi connectivity index (χ3v) is 5.38. The van der Waals surface area contributed by atoms with Crippen LogP contribution in [0.2, 0.25) is 0 Å². The maximum Gasteiger partial charge on any atom is 0.276 e. The van der Waals surface area contributed by atoms with Crippen molar-refractivity contribution in [1.82, 2.24) is 24.9 Å². The Hall–Kier alpha value is -1.76. The summed E-state index contributed by atoms with van der Waals surface area (Å²) in [5.41, 5.74) is 1.73. The highest BCUT2D eigenvalue weighted by Gasteiger charge is 2.26. The molecule has 0 atom stereocenters. The predicted molar refractivity (Wildman–Crippen MR) is 94.1 cm³/mol. The second-order valence-electron chi connectivity index (χ2n) is 7.59. The van der Waals surface area contributed by atoms with Crippen LogP contribution >= 0.6 is 11.3 Å². The number of rotatable bonds is 3. The molecule has 0 spiro atoms. The lowest BCUT2D eigenvalue weighted by molar-refractivity contribution is 0.0684. The zero-order valence-corrected chi connectivity index (χ0v) is 15.6. The van der Waals surface area contributed by atoms with Crippen molar-refractivity contribution in [3.05, 3.63) is 28.0 Å². The fourth-order valence-corrected chi connectivity index (χ4v) is 4.08. The first kappa shape index (κ1) is 17.1. The van der Waals surface area contributed by atoms with Crippen molar-refractivity contribution in [3.63, 3.8) is 0 Å². The molecule has 1 aliphatic heterocycles. The molecule has 0 unspecified atom stereocenters. The van der Waals surface area contributed by atoms with Crippen molar-refractivity contribution in [2.45, 2.75) is 45.4 Å². The number of carbonyl (C=O) groups is 1. The van der Waals surface area contributed by atoms with Crippen LogP contribution in [0.5, 0.6) is 0 Å². The largest absolute Gasteiger partial charge is 0.337 e. The Morgan fingerprint density at radius 3 is 2.58 bits per heavy atom. The van der Waals surface area contributed by atoms with E-state index in [0.29, 0.717) is 11.6 Å². The van der Waals surface area contributed by atoms with E-state index in [1.54, 1.807) is 29.3 Å². The maximum atomic E-state index is 12.4. The molecule has 3 rings (SSSR count). The van der Waals surface area contributed by atoms with E-state index in [1.807, 2.05) is 4.90 Å². The van der Waals surface area contributed by atoms with Crippen LogP contribution in [0.1, 0.15) is 54.8 Å². The average Bonchev–Trinajstić information content (AvgIpc) is 3.16. The molecule has 2 aromatic rings. The molecule has 7 heteroatoms. The number of amides is 1. The summed E-state index contributed by atoms with van der Waals surface area (Å²) < 4.78 is 1.56. The van der Waals surface area contributed by atoms with Crippen LogP contribution in [-0.2, 0) is 18.9 Å². The molecule has 0 radical (unpaired) electrons. The molecule has 1 aliphatic rings. The highest BCUT2D eigenvalue weighted by molar-refractivity contribution is 7.09. The van der Waals surface area contributed by atoms with Crippen LogP contribution in [0.4, 0.5) is 0 Å². The Labute approximate surface area is 146 Å². The summed E-state index contributed by atoms with van der Waals surface area (Å²) in [6, 6.07) is 0. The van der Waals surface area contributed by atoms with Gasteiger partial charge in [-0.1, -0.05) is 26.0 Å². The quantitative estimate of drug-likeness (QED) is 0.856. The molecule has 0 N–H and O–H groups in total. The van der Waals surface area contributed by atoms with E-state index in [1.165, 1.54) is 10.7 Å². The van der Waals surface area contributed by atoms with Gasteiger partial charge in [0, 0.05) is 37.4 Å². The summed E-state index contributed by atoms with van der Waals surface area (Å²) in [7, 11) is 1.77. The summed E-state index contributed by atoms with van der Waals surface area (Å²) in [5.74, 6) is 0.598. The molecular weight excluding hydrogens is 322 g/mol. The van der Waals surface area contributed by atoms with Gasteiger partial charge >= 0.3 is 0 Å². The van der Waals surface area contributed by atoms with Crippen molar-refractivity contribution >= 4 is 17.2 Å². The number of aryl methyl sites for hydroxylation is 1. The highest BCUT2D eigenvalue weighted by atomic mass is 32.1. The van der Waals surface area contributed by atoms with Crippen LogP contribution < -0.4 is 0 Å². The number of carbonyl (C=O) groups excluding carboxylic acids is 1. The number of hydrogen-bond acceptors (Lipinski definition) is 5. The molecule has 1 fully saturated rings. The topological polar surface area (TPSA) is 63.9 Å². The molecule has 3 heterocycles. The van der Waals surface area contributed by atoms with Crippen LogP contribution in [0, 0.1) is 5.92 Å². The molecule has 1 saturated heterocycles. The first-order valence-corrected chi connectivity index (χ1v) is 9.31. The molecule has 24 heavy (non-hydrogen) atoms. The fraction of sp³-hybridized carbons (Fsp3) is 0.647. The second-order valence-corrected chi connectivity index (χ2v) is 8.54. The van der Waals surface area contributed by atoms with Crippen molar-refractivity contribution in [3.8, 4) is 0 Å². The monoisotopic (exact) mass is 347 g/mol. The van der Waals surface area contributed by atoms with Gasteiger partial charge in [-0.3, -0.25) is 9.48 Å². The van der Waals surface area contributed by atoms with E-state index in [-0.39, 0.29) is 11.3 Å². The molecule has 1 amide bonds. The van der Waals surface area contributed by atoms with Crippen molar-refractivity contribution in [2.75, 3.05) is 13.1 Å². The van der Waals surface area contributed by atoms with Crippen molar-refractivity contribution < 1.29 is 4.79 Å². The minimum atomic E-state index is -0.00850. The SMILES string of the molecule is Cn1cc(C(=O)N2CCC(Cc3nc(C(C)(C)C)cs3)CC2)nn1. The van der Waals surface area contributed by atoms with Gasteiger partial charge in [0.25, 0.3) is 5.91 Å². The van der Waals surface area contributed by atoms with Gasteiger partial charge in [0.1, 0.15) is 0 Å². The lowest BCUT2D eigenvalue weighted by atomic mass is 9.92. The molecule has 0 aromatic carbocycles. The number of aromatic nitrogens is 4. The van der Waals surface area contributed by atoms with Gasteiger partial charge in [-0.15, -0.1) is 16.4 Å². The zero-order chi connectivity index (χ0) is 17.3. The van der Waals surface area contributed by atoms with E-state index in [9.17, 15) is 4.79 Å². The van der Waals surface area contributed by atoms with Crippen LogP contribution in [0.15, 0.2) is 11.6 Å². The summed E-state index contributed by atoms with van der Waals surface area (Å²) in [5, 5.41) is 11.2. The number of likely N-dealkylation sites (tertiary alicyclic amines) is 1. The third kappa shape index (κ3) is 3.83. The van der Waals surface area contributed by atoms with Gasteiger partial charge in [0.05, 0.1) is 16.9 Å². The standard InChI is InChI=1S/C17H25N5OS/c1-17(2,3)14-11-24-15(18-14)9-12-5-7-22(8-6-12)16(23)13-10-21(4)20-19-13/h10-12H,5-9H2,1-4H3. The Kier molecular flexibility index (Phi) is 4.71. The Morgan fingerprint density at radius 2 is 2.04 bits per heavy atom. The van der Waals surface area contributed by atoms with E-state index < -0.39 is 0 Å². The third-order valence-electron chi connectivity index (χ3n) is 4.51. The first-order chi connectivity index (χ1) is 11.3. The first-order valence-electron chi connectivity index (χ1n) is 8.43. The maximum absolute atomic E-state index is 12.4. The summed E-state index contributed by atoms with van der Waals surface area (Å²) >= 11 is 1.76. The van der Waals surface area contributed by atoms with Gasteiger partial charge in [-0.05, 0) is 18.8 Å². The highest BCUT2D eigenvalue weighted by Crippen LogP contribution is 2.28. The molecule has 6 nitrogen and oxygen atoms in total. The molecule has 130 valence electrons. The lowest BCUT2D eigenvalue weighted by Crippen LogP contribution is -2.39. The van der Waals surface area contributed by atoms with E-state index in [4.69, 9.17) is 4.98 Å². The normalized spacial score (nSPS) is 16.6. The van der Waals surface area contributed by atoms with Crippen molar-refractivity contribution in [2.24, 2.45) is 13.0 Å². The Balaban J connectivity index is 1.54. The van der Waals surface area contributed by atoms with E-state index in [2.05, 4.69) is 36.5 Å². The number of hydrogen-bond donors (Lipinski definition) is 0. The van der Waals surface area contributed by atoms with Gasteiger partial charge < -0.3 is 4.90 Å². The molecule has 0 saturated carbocycles. The van der Waals surface area contributed by atoms with Gasteiger partial charge in [0.2, 0.25) is 0 Å². The second kappa shape index (κ2) is 6.63. The molecule has 0 bridgehead atoms. The molecular formula is C17H25N5OS. The number of thiazole rings is 1. The number of nitrogens with zero attached hydrogens (tertiary/aromatic N) is 5. The molecule has 2 aromatic heterocycles. The zero-order valence-electron chi connectivity index (χ0n) is 14.8. The average molecular weight is 347 g/mol. The number of piperidine rings is 1. The van der Waals surface area contributed by atoms with E-state index in [0.717, 1.165) is 32.4 Å². The van der Waals surface area contributed by atoms with Gasteiger partial charge in [-0.2, -0.15) is 0 Å². The Morgan fingerprint density at radius 1 is 1.33 bits per heavy atom. The Bertz CT molecular complexity index is 707. The van der Waals surface area contributed by atoms with Gasteiger partial charge in [0.15, 0.2) is 5.69 Å². The van der Waals surface area contributed by atoms with Gasteiger partial charge in [-0.25, -0.2) is 4.98 Å². The lowest BCUT2D eigenvalue weighted by Gasteiger charge is -2.31. The van der Waals surface area contributed by atoms with Crippen LogP contribution in [0.25, 0.3) is 0 Å². The minimum absolute atomic E-state index is 0.00850. The molecule has 0 aliphatic carbocycles. The summed E-state index contributed by atoms with van der Waals surface area (Å²) in [6.45, 7) is 8.17. The van der Waals surface area contributed by atoms with Crippen LogP contribution in [-0.4, -0.2) is 43.9 Å². The van der Waals surface area contributed by atoms with E-state index >= 15 is 0 Å². The smallest absolute Gasteiger partial charge is 0.276 e. The fourth-order valence-electron chi connectivity index (χ4n) is 2.94. The summed E-state index contributed by atoms with van der Waals surface area (Å²) in [6.07, 6.45) is 4.75. The summed E-state index contributed by atoms with van der Waals surface area (Å²) in [4.78, 5) is 19.1. The van der Waals surface area contributed by atoms with Crippen LogP contribution in [0.3, 0.4) is 0 Å². The minimum Gasteiger partial charge on any atom is -0.337 e.